The van der Waals surface area contributed by atoms with Crippen molar-refractivity contribution in [3.63, 3.8) is 0 Å². The number of hydrogen-bond acceptors (Lipinski definition) is 4. The van der Waals surface area contributed by atoms with Gasteiger partial charge in [0.2, 0.25) is 0 Å². The lowest BCUT2D eigenvalue weighted by atomic mass is 10.3. The summed E-state index contributed by atoms with van der Waals surface area (Å²) in [6, 6.07) is 8.29. The lowest BCUT2D eigenvalue weighted by molar-refractivity contribution is 0.328. The van der Waals surface area contributed by atoms with Gasteiger partial charge in [-0.15, -0.1) is 0 Å². The summed E-state index contributed by atoms with van der Waals surface area (Å²) < 4.78 is 33.9. The highest BCUT2D eigenvalue weighted by molar-refractivity contribution is 7.92. The Bertz CT molecular complexity index is 680. The predicted octanol–water partition coefficient (Wildman–Crippen LogP) is 1.16. The average molecular weight is 295 g/mol. The third kappa shape index (κ3) is 3.52. The average Bonchev–Trinajstić information content (AvgIpc) is 2.84. The summed E-state index contributed by atoms with van der Waals surface area (Å²) in [6.07, 6.45) is 3.21. The molecule has 0 aliphatic heterocycles. The van der Waals surface area contributed by atoms with Crippen molar-refractivity contribution < 1.29 is 13.2 Å². The highest BCUT2D eigenvalue weighted by atomic mass is 32.2. The summed E-state index contributed by atoms with van der Waals surface area (Å²) in [4.78, 5) is 0.216. The van der Waals surface area contributed by atoms with Crippen molar-refractivity contribution in [2.45, 2.75) is 4.90 Å². The number of ether oxygens (including phenoxy) is 1. The molecule has 0 spiro atoms. The molecule has 0 aliphatic carbocycles. The van der Waals surface area contributed by atoms with E-state index in [4.69, 9.17) is 10.5 Å². The zero-order valence-corrected chi connectivity index (χ0v) is 11.9. The molecule has 20 heavy (non-hydrogen) atoms. The van der Waals surface area contributed by atoms with E-state index in [9.17, 15) is 8.42 Å². The number of nitrogens with one attached hydrogen (secondary N) is 1. The lowest BCUT2D eigenvalue weighted by Gasteiger charge is -2.09. The van der Waals surface area contributed by atoms with Crippen molar-refractivity contribution in [2.24, 2.45) is 12.8 Å². The minimum absolute atomic E-state index is 0.216. The Hall–Kier alpha value is -1.99. The summed E-state index contributed by atoms with van der Waals surface area (Å²) in [5, 5.41) is 0. The second-order valence-corrected chi connectivity index (χ2v) is 5.97. The molecule has 0 bridgehead atoms. The van der Waals surface area contributed by atoms with Crippen LogP contribution in [-0.4, -0.2) is 26.1 Å². The van der Waals surface area contributed by atoms with Crippen molar-refractivity contribution in [2.75, 3.05) is 17.9 Å². The maximum Gasteiger partial charge on any atom is 0.263 e. The van der Waals surface area contributed by atoms with Crippen LogP contribution in [0.15, 0.2) is 47.6 Å². The first-order valence-electron chi connectivity index (χ1n) is 6.09. The molecule has 0 unspecified atom stereocenters. The molecule has 7 heteroatoms. The Morgan fingerprint density at radius 2 is 2.15 bits per heavy atom. The van der Waals surface area contributed by atoms with Gasteiger partial charge in [0.15, 0.2) is 0 Å². The number of hydrogen-bond donors (Lipinski definition) is 2. The lowest BCUT2D eigenvalue weighted by Crippen LogP contribution is -2.13. The van der Waals surface area contributed by atoms with Gasteiger partial charge in [-0.2, -0.15) is 0 Å². The minimum Gasteiger partial charge on any atom is -0.492 e. The van der Waals surface area contributed by atoms with E-state index in [0.717, 1.165) is 0 Å². The second kappa shape index (κ2) is 5.98. The van der Waals surface area contributed by atoms with Crippen LogP contribution in [-0.2, 0) is 17.1 Å². The van der Waals surface area contributed by atoms with Crippen molar-refractivity contribution in [1.82, 2.24) is 4.57 Å². The van der Waals surface area contributed by atoms with Crippen LogP contribution in [0, 0.1) is 0 Å². The van der Waals surface area contributed by atoms with E-state index < -0.39 is 10.0 Å². The van der Waals surface area contributed by atoms with Gasteiger partial charge in [0.05, 0.1) is 5.69 Å². The molecular weight excluding hydrogens is 278 g/mol. The van der Waals surface area contributed by atoms with Gasteiger partial charge >= 0.3 is 0 Å². The van der Waals surface area contributed by atoms with Gasteiger partial charge in [-0.05, 0) is 18.2 Å². The molecule has 1 heterocycles. The fourth-order valence-corrected chi connectivity index (χ4v) is 2.78. The summed E-state index contributed by atoms with van der Waals surface area (Å²) in [5.74, 6) is 0.573. The number of aryl methyl sites for hydroxylation is 1. The smallest absolute Gasteiger partial charge is 0.263 e. The van der Waals surface area contributed by atoms with Crippen LogP contribution in [0.5, 0.6) is 5.75 Å². The first-order valence-corrected chi connectivity index (χ1v) is 7.57. The summed E-state index contributed by atoms with van der Waals surface area (Å²) >= 11 is 0. The van der Waals surface area contributed by atoms with Gasteiger partial charge in [0.1, 0.15) is 17.3 Å². The van der Waals surface area contributed by atoms with E-state index in [1.165, 1.54) is 12.3 Å². The fourth-order valence-electron chi connectivity index (χ4n) is 1.68. The Morgan fingerprint density at radius 3 is 2.80 bits per heavy atom. The number of anilines is 1. The fraction of sp³-hybridized carbons (Fsp3) is 0.231. The van der Waals surface area contributed by atoms with Gasteiger partial charge in [-0.25, -0.2) is 8.42 Å². The van der Waals surface area contributed by atoms with Crippen molar-refractivity contribution in [3.8, 4) is 5.75 Å². The molecule has 0 aliphatic rings. The number of sulfonamides is 1. The van der Waals surface area contributed by atoms with Crippen LogP contribution in [0.25, 0.3) is 0 Å². The number of aromatic nitrogens is 1. The van der Waals surface area contributed by atoms with Gasteiger partial charge in [0.25, 0.3) is 10.0 Å². The quantitative estimate of drug-likeness (QED) is 0.837. The number of benzene rings is 1. The molecule has 0 fully saturated rings. The molecule has 0 amide bonds. The Balaban J connectivity index is 2.17. The van der Waals surface area contributed by atoms with Crippen LogP contribution in [0.1, 0.15) is 0 Å². The molecule has 0 atom stereocenters. The van der Waals surface area contributed by atoms with Gasteiger partial charge < -0.3 is 15.0 Å². The minimum atomic E-state index is -3.58. The maximum absolute atomic E-state index is 12.2. The summed E-state index contributed by atoms with van der Waals surface area (Å²) in [5.41, 5.74) is 5.80. The number of nitrogens with two attached hydrogens (primary N) is 1. The zero-order valence-electron chi connectivity index (χ0n) is 11.1. The van der Waals surface area contributed by atoms with Gasteiger partial charge in [-0.1, -0.05) is 6.07 Å². The molecule has 6 nitrogen and oxygen atoms in total. The standard InChI is InChI=1S/C13H17N3O3S/c1-16-7-5-13(10-16)20(17,18)15-11-3-2-4-12(9-11)19-8-6-14/h2-5,7,9-10,15H,6,8,14H2,1H3. The van der Waals surface area contributed by atoms with Crippen molar-refractivity contribution in [1.29, 1.82) is 0 Å². The van der Waals surface area contributed by atoms with E-state index in [1.807, 2.05) is 0 Å². The number of nitrogens with zero attached hydrogens (tertiary/aromatic N) is 1. The van der Waals surface area contributed by atoms with Gasteiger partial charge in [0, 0.05) is 32.1 Å². The molecule has 1 aromatic heterocycles. The monoisotopic (exact) mass is 295 g/mol. The van der Waals surface area contributed by atoms with Crippen LogP contribution in [0.3, 0.4) is 0 Å². The summed E-state index contributed by atoms with van der Waals surface area (Å²) in [6.45, 7) is 0.787. The van der Waals surface area contributed by atoms with Crippen molar-refractivity contribution in [3.05, 3.63) is 42.7 Å². The molecule has 2 rings (SSSR count). The molecule has 0 saturated carbocycles. The maximum atomic E-state index is 12.2. The van der Waals surface area contributed by atoms with Crippen LogP contribution >= 0.6 is 0 Å². The first kappa shape index (κ1) is 14.4. The highest BCUT2D eigenvalue weighted by Crippen LogP contribution is 2.20. The molecule has 0 radical (unpaired) electrons. The molecule has 2 aromatic rings. The SMILES string of the molecule is Cn1ccc(S(=O)(=O)Nc2cccc(OCCN)c2)c1. The third-order valence-corrected chi connectivity index (χ3v) is 3.95. The van der Waals surface area contributed by atoms with Crippen LogP contribution in [0.4, 0.5) is 5.69 Å². The van der Waals surface area contributed by atoms with E-state index in [-0.39, 0.29) is 4.90 Å². The van der Waals surface area contributed by atoms with Crippen molar-refractivity contribution >= 4 is 15.7 Å². The molecule has 108 valence electrons. The van der Waals surface area contributed by atoms with Gasteiger partial charge in [-0.3, -0.25) is 4.72 Å². The zero-order chi connectivity index (χ0) is 14.6. The molecule has 0 saturated heterocycles. The molecule has 3 N–H and O–H groups in total. The highest BCUT2D eigenvalue weighted by Gasteiger charge is 2.15. The Labute approximate surface area is 118 Å². The van der Waals surface area contributed by atoms with E-state index in [2.05, 4.69) is 4.72 Å². The normalized spacial score (nSPS) is 11.3. The number of rotatable bonds is 6. The Kier molecular flexibility index (Phi) is 4.31. The molecule has 1 aromatic carbocycles. The third-order valence-electron chi connectivity index (χ3n) is 2.59. The summed E-state index contributed by atoms with van der Waals surface area (Å²) in [7, 11) is -1.82. The predicted molar refractivity (Wildman–Crippen MR) is 77.2 cm³/mol. The Morgan fingerprint density at radius 1 is 1.35 bits per heavy atom. The first-order chi connectivity index (χ1) is 9.51. The van der Waals surface area contributed by atoms with E-state index in [0.29, 0.717) is 24.6 Å². The van der Waals surface area contributed by atoms with E-state index in [1.54, 1.807) is 42.1 Å². The van der Waals surface area contributed by atoms with Crippen LogP contribution in [0.2, 0.25) is 0 Å². The largest absolute Gasteiger partial charge is 0.492 e. The van der Waals surface area contributed by atoms with E-state index >= 15 is 0 Å². The topological polar surface area (TPSA) is 86.3 Å². The second-order valence-electron chi connectivity index (χ2n) is 4.28. The van der Waals surface area contributed by atoms with Crippen LogP contribution < -0.4 is 15.2 Å². The molecular formula is C13H17N3O3S.